The van der Waals surface area contributed by atoms with Crippen molar-refractivity contribution in [2.75, 3.05) is 13.2 Å². The summed E-state index contributed by atoms with van der Waals surface area (Å²) in [6, 6.07) is 5.63. The van der Waals surface area contributed by atoms with Crippen molar-refractivity contribution in [3.8, 4) is 5.75 Å². The van der Waals surface area contributed by atoms with Crippen LogP contribution in [0.15, 0.2) is 18.2 Å². The Bertz CT molecular complexity index is 339. The number of rotatable bonds is 7. The molecule has 3 N–H and O–H groups in total. The summed E-state index contributed by atoms with van der Waals surface area (Å²) in [6.45, 7) is 5.95. The summed E-state index contributed by atoms with van der Waals surface area (Å²) in [5.74, 6) is 0.852. The zero-order chi connectivity index (χ0) is 12.7. The highest BCUT2D eigenvalue weighted by atomic mass is 16.3. The average Bonchev–Trinajstić information content (AvgIpc) is 2.32. The van der Waals surface area contributed by atoms with E-state index in [0.717, 1.165) is 30.5 Å². The Kier molecular flexibility index (Phi) is 6.01. The lowest BCUT2D eigenvalue weighted by molar-refractivity contribution is 0.251. The first-order valence-corrected chi connectivity index (χ1v) is 6.27. The van der Waals surface area contributed by atoms with E-state index in [0.29, 0.717) is 18.2 Å². The molecule has 0 spiro atoms. The minimum absolute atomic E-state index is 0.246. The summed E-state index contributed by atoms with van der Waals surface area (Å²) < 4.78 is 0. The van der Waals surface area contributed by atoms with Gasteiger partial charge in [-0.05, 0) is 31.9 Å². The van der Waals surface area contributed by atoms with Crippen LogP contribution in [0.5, 0.6) is 5.75 Å². The molecule has 0 aromatic heterocycles. The van der Waals surface area contributed by atoms with Gasteiger partial charge in [-0.2, -0.15) is 0 Å². The van der Waals surface area contributed by atoms with Gasteiger partial charge >= 0.3 is 0 Å². The standard InChI is InChI=1S/C14H23NO2/c1-3-12(6-7-16)9-15-10-13-8-11(2)4-5-14(13)17/h4-5,8,12,15-17H,3,6-7,9-10H2,1-2H3. The molecule has 3 nitrogen and oxygen atoms in total. The molecule has 0 aliphatic heterocycles. The summed E-state index contributed by atoms with van der Waals surface area (Å²) in [4.78, 5) is 0. The highest BCUT2D eigenvalue weighted by molar-refractivity contribution is 5.35. The number of aliphatic hydroxyl groups excluding tert-OH is 1. The number of nitrogens with one attached hydrogen (secondary N) is 1. The Morgan fingerprint density at radius 2 is 2.12 bits per heavy atom. The van der Waals surface area contributed by atoms with Gasteiger partial charge in [-0.15, -0.1) is 0 Å². The van der Waals surface area contributed by atoms with Crippen molar-refractivity contribution in [2.24, 2.45) is 5.92 Å². The molecule has 1 unspecified atom stereocenters. The third-order valence-electron chi connectivity index (χ3n) is 3.10. The summed E-state index contributed by atoms with van der Waals surface area (Å²) in [6.07, 6.45) is 1.90. The monoisotopic (exact) mass is 237 g/mol. The van der Waals surface area contributed by atoms with E-state index in [4.69, 9.17) is 5.11 Å². The maximum Gasteiger partial charge on any atom is 0.120 e. The van der Waals surface area contributed by atoms with Gasteiger partial charge in [0.05, 0.1) is 0 Å². The molecule has 0 heterocycles. The zero-order valence-corrected chi connectivity index (χ0v) is 10.7. The van der Waals surface area contributed by atoms with Crippen molar-refractivity contribution in [3.05, 3.63) is 29.3 Å². The molecule has 1 atom stereocenters. The maximum absolute atomic E-state index is 9.68. The summed E-state index contributed by atoms with van der Waals surface area (Å²) in [5, 5.41) is 21.9. The molecule has 1 aromatic carbocycles. The molecule has 0 saturated heterocycles. The second kappa shape index (κ2) is 7.30. The highest BCUT2D eigenvalue weighted by Crippen LogP contribution is 2.18. The smallest absolute Gasteiger partial charge is 0.120 e. The summed E-state index contributed by atoms with van der Waals surface area (Å²) >= 11 is 0. The number of aliphatic hydroxyl groups is 1. The van der Waals surface area contributed by atoms with Gasteiger partial charge in [0.1, 0.15) is 5.75 Å². The van der Waals surface area contributed by atoms with Gasteiger partial charge in [-0.1, -0.05) is 31.0 Å². The van der Waals surface area contributed by atoms with E-state index in [9.17, 15) is 5.11 Å². The van der Waals surface area contributed by atoms with Gasteiger partial charge in [-0.25, -0.2) is 0 Å². The number of phenolic OH excluding ortho intramolecular Hbond substituents is 1. The van der Waals surface area contributed by atoms with Crippen molar-refractivity contribution in [1.82, 2.24) is 5.32 Å². The van der Waals surface area contributed by atoms with Gasteiger partial charge in [0, 0.05) is 18.7 Å². The zero-order valence-electron chi connectivity index (χ0n) is 10.7. The molecular formula is C14H23NO2. The van der Waals surface area contributed by atoms with Crippen LogP contribution in [0.25, 0.3) is 0 Å². The molecule has 0 aliphatic carbocycles. The first kappa shape index (κ1) is 14.0. The summed E-state index contributed by atoms with van der Waals surface area (Å²) in [7, 11) is 0. The number of aromatic hydroxyl groups is 1. The van der Waals surface area contributed by atoms with Crippen molar-refractivity contribution in [3.63, 3.8) is 0 Å². The fraction of sp³-hybridized carbons (Fsp3) is 0.571. The van der Waals surface area contributed by atoms with Crippen LogP contribution in [0, 0.1) is 12.8 Å². The normalized spacial score (nSPS) is 12.6. The molecular weight excluding hydrogens is 214 g/mol. The Morgan fingerprint density at radius 3 is 2.76 bits per heavy atom. The van der Waals surface area contributed by atoms with Crippen LogP contribution in [0.3, 0.4) is 0 Å². The van der Waals surface area contributed by atoms with E-state index in [1.807, 2.05) is 19.1 Å². The molecule has 1 aromatic rings. The number of hydrogen-bond donors (Lipinski definition) is 3. The third kappa shape index (κ3) is 4.75. The number of hydrogen-bond acceptors (Lipinski definition) is 3. The maximum atomic E-state index is 9.68. The molecule has 0 aliphatic rings. The third-order valence-corrected chi connectivity index (χ3v) is 3.10. The van der Waals surface area contributed by atoms with Crippen LogP contribution >= 0.6 is 0 Å². The van der Waals surface area contributed by atoms with Gasteiger partial charge in [0.2, 0.25) is 0 Å². The minimum Gasteiger partial charge on any atom is -0.508 e. The molecule has 1 rings (SSSR count). The SMILES string of the molecule is CCC(CCO)CNCc1cc(C)ccc1O. The first-order chi connectivity index (χ1) is 8.17. The highest BCUT2D eigenvalue weighted by Gasteiger charge is 2.06. The second-order valence-corrected chi connectivity index (χ2v) is 4.55. The van der Waals surface area contributed by atoms with Crippen LogP contribution in [0.4, 0.5) is 0 Å². The molecule has 0 fully saturated rings. The van der Waals surface area contributed by atoms with Gasteiger partial charge in [-0.3, -0.25) is 0 Å². The quantitative estimate of drug-likeness (QED) is 0.681. The van der Waals surface area contributed by atoms with Crippen molar-refractivity contribution in [1.29, 1.82) is 0 Å². The molecule has 0 amide bonds. The predicted octanol–water partition coefficient (Wildman–Crippen LogP) is 2.20. The van der Waals surface area contributed by atoms with E-state index in [1.54, 1.807) is 6.07 Å². The lowest BCUT2D eigenvalue weighted by Gasteiger charge is -2.15. The van der Waals surface area contributed by atoms with Gasteiger partial charge in [0.25, 0.3) is 0 Å². The van der Waals surface area contributed by atoms with Crippen LogP contribution in [0.2, 0.25) is 0 Å². The van der Waals surface area contributed by atoms with Gasteiger partial charge < -0.3 is 15.5 Å². The number of aryl methyl sites for hydroxylation is 1. The van der Waals surface area contributed by atoms with Crippen molar-refractivity contribution in [2.45, 2.75) is 33.2 Å². The van der Waals surface area contributed by atoms with Crippen LogP contribution in [-0.4, -0.2) is 23.4 Å². The fourth-order valence-electron chi connectivity index (χ4n) is 1.90. The van der Waals surface area contributed by atoms with E-state index < -0.39 is 0 Å². The Hall–Kier alpha value is -1.06. The molecule has 0 bridgehead atoms. The lowest BCUT2D eigenvalue weighted by Crippen LogP contribution is -2.23. The average molecular weight is 237 g/mol. The lowest BCUT2D eigenvalue weighted by atomic mass is 10.0. The van der Waals surface area contributed by atoms with Crippen LogP contribution in [-0.2, 0) is 6.54 Å². The number of phenols is 1. The van der Waals surface area contributed by atoms with E-state index in [2.05, 4.69) is 12.2 Å². The van der Waals surface area contributed by atoms with Crippen molar-refractivity contribution >= 4 is 0 Å². The van der Waals surface area contributed by atoms with Crippen LogP contribution < -0.4 is 5.32 Å². The molecule has 96 valence electrons. The van der Waals surface area contributed by atoms with Crippen LogP contribution in [0.1, 0.15) is 30.9 Å². The topological polar surface area (TPSA) is 52.5 Å². The largest absolute Gasteiger partial charge is 0.508 e. The van der Waals surface area contributed by atoms with E-state index in [-0.39, 0.29) is 6.61 Å². The van der Waals surface area contributed by atoms with Crippen molar-refractivity contribution < 1.29 is 10.2 Å². The minimum atomic E-state index is 0.246. The molecule has 0 saturated carbocycles. The van der Waals surface area contributed by atoms with E-state index in [1.165, 1.54) is 0 Å². The van der Waals surface area contributed by atoms with E-state index >= 15 is 0 Å². The molecule has 3 heteroatoms. The number of benzene rings is 1. The second-order valence-electron chi connectivity index (χ2n) is 4.55. The molecule has 17 heavy (non-hydrogen) atoms. The Labute approximate surface area is 103 Å². The van der Waals surface area contributed by atoms with Gasteiger partial charge in [0.15, 0.2) is 0 Å². The molecule has 0 radical (unpaired) electrons. The Balaban J connectivity index is 2.42. The summed E-state index contributed by atoms with van der Waals surface area (Å²) in [5.41, 5.74) is 2.09. The Morgan fingerprint density at radius 1 is 1.35 bits per heavy atom. The fourth-order valence-corrected chi connectivity index (χ4v) is 1.90. The first-order valence-electron chi connectivity index (χ1n) is 6.27. The predicted molar refractivity (Wildman–Crippen MR) is 70.0 cm³/mol.